The van der Waals surface area contributed by atoms with E-state index in [0.717, 1.165) is 119 Å². The van der Waals surface area contributed by atoms with E-state index in [2.05, 4.69) is 306 Å². The Balaban J connectivity index is 0.898. The van der Waals surface area contributed by atoms with E-state index in [9.17, 15) is 0 Å². The molecule has 3 heterocycles. The number of nitrogens with zero attached hydrogens (tertiary/aromatic N) is 5. The number of pyridine rings is 1. The molecule has 0 aliphatic carbocycles. The summed E-state index contributed by atoms with van der Waals surface area (Å²) in [5.41, 5.74) is 24.8. The number of imidazole rings is 1. The van der Waals surface area contributed by atoms with E-state index < -0.39 is 0 Å². The van der Waals surface area contributed by atoms with Gasteiger partial charge in [-0.3, -0.25) is 9.55 Å². The zero-order chi connectivity index (χ0) is 54.6. The van der Waals surface area contributed by atoms with Crippen LogP contribution < -0.4 is 9.80 Å². The van der Waals surface area contributed by atoms with Crippen LogP contribution in [-0.4, -0.2) is 21.2 Å². The van der Waals surface area contributed by atoms with Crippen molar-refractivity contribution in [2.24, 2.45) is 0 Å². The molecule has 5 heteroatoms. The average Bonchev–Trinajstić information content (AvgIpc) is 4.40. The van der Waals surface area contributed by atoms with Gasteiger partial charge in [0.25, 0.3) is 0 Å². The molecule has 0 saturated carbocycles. The van der Waals surface area contributed by atoms with Gasteiger partial charge < -0.3 is 9.80 Å². The van der Waals surface area contributed by atoms with Crippen molar-refractivity contribution in [2.75, 3.05) is 16.5 Å². The molecule has 5 nitrogen and oxygen atoms in total. The molecule has 2 aromatic heterocycles. The summed E-state index contributed by atoms with van der Waals surface area (Å²) in [5, 5.41) is 0. The maximum atomic E-state index is 4.81. The van der Waals surface area contributed by atoms with Gasteiger partial charge in [-0.25, -0.2) is 4.98 Å². The summed E-state index contributed by atoms with van der Waals surface area (Å²) < 4.78 is 2.14. The highest BCUT2D eigenvalue weighted by molar-refractivity contribution is 5.97. The van der Waals surface area contributed by atoms with Gasteiger partial charge in [-0.05, 0) is 162 Å². The Kier molecular flexibility index (Phi) is 13.3. The minimum Gasteiger partial charge on any atom is -0.328 e. The van der Waals surface area contributed by atoms with Crippen molar-refractivity contribution in [3.63, 3.8) is 0 Å². The van der Waals surface area contributed by atoms with Crippen molar-refractivity contribution in [3.05, 3.63) is 322 Å². The van der Waals surface area contributed by atoms with E-state index in [0.29, 0.717) is 0 Å². The molecule has 0 saturated heterocycles. The van der Waals surface area contributed by atoms with Crippen LogP contribution in [0.4, 0.5) is 11.4 Å². The molecule has 0 bridgehead atoms. The van der Waals surface area contributed by atoms with E-state index in [-0.39, 0.29) is 0 Å². The van der Waals surface area contributed by atoms with E-state index >= 15 is 0 Å². The summed E-state index contributed by atoms with van der Waals surface area (Å²) in [6.07, 6.45) is 10.1. The molecule has 13 aromatic rings. The molecule has 0 atom stereocenters. The smallest absolute Gasteiger partial charge is 0.144 e. The van der Waals surface area contributed by atoms with Gasteiger partial charge in [0.1, 0.15) is 5.82 Å². The monoisotopic (exact) mass is 1050 g/mol. The van der Waals surface area contributed by atoms with Crippen molar-refractivity contribution in [3.8, 4) is 117 Å². The number of aromatic nitrogens is 3. The van der Waals surface area contributed by atoms with Crippen molar-refractivity contribution >= 4 is 11.4 Å². The molecule has 1 aliphatic rings. The quantitative estimate of drug-likeness (QED) is 0.115. The van der Waals surface area contributed by atoms with E-state index in [1.54, 1.807) is 0 Å². The molecular formula is C77H55N5. The summed E-state index contributed by atoms with van der Waals surface area (Å²) >= 11 is 0. The van der Waals surface area contributed by atoms with Gasteiger partial charge in [0, 0.05) is 59.2 Å². The third-order valence-electron chi connectivity index (χ3n) is 15.7. The van der Waals surface area contributed by atoms with Gasteiger partial charge in [0.15, 0.2) is 0 Å². The van der Waals surface area contributed by atoms with Crippen LogP contribution in [0.3, 0.4) is 0 Å². The molecule has 82 heavy (non-hydrogen) atoms. The number of hydrogen-bond donors (Lipinski definition) is 0. The van der Waals surface area contributed by atoms with Crippen LogP contribution in [0, 0.1) is 0 Å². The fraction of sp³-hybridized carbons (Fsp3) is 0.0130. The largest absolute Gasteiger partial charge is 0.328 e. The highest BCUT2D eigenvalue weighted by Gasteiger charge is 2.21. The maximum Gasteiger partial charge on any atom is 0.144 e. The van der Waals surface area contributed by atoms with Gasteiger partial charge in [0.05, 0.1) is 12.4 Å². The molecular weight excluding hydrogens is 995 g/mol. The van der Waals surface area contributed by atoms with Crippen LogP contribution >= 0.6 is 0 Å². The number of rotatable bonds is 13. The molecule has 11 aromatic carbocycles. The molecule has 0 N–H and O–H groups in total. The third kappa shape index (κ3) is 9.89. The lowest BCUT2D eigenvalue weighted by Gasteiger charge is -2.22. The van der Waals surface area contributed by atoms with Crippen LogP contribution in [0.25, 0.3) is 117 Å². The van der Waals surface area contributed by atoms with Gasteiger partial charge in [0.2, 0.25) is 0 Å². The first kappa shape index (κ1) is 49.4. The third-order valence-corrected chi connectivity index (χ3v) is 15.7. The van der Waals surface area contributed by atoms with Crippen LogP contribution in [0.2, 0.25) is 0 Å². The van der Waals surface area contributed by atoms with Crippen molar-refractivity contribution < 1.29 is 0 Å². The summed E-state index contributed by atoms with van der Waals surface area (Å²) in [6, 6.07) is 105. The fourth-order valence-corrected chi connectivity index (χ4v) is 11.5. The minimum atomic E-state index is 0.749. The van der Waals surface area contributed by atoms with Gasteiger partial charge in [-0.15, -0.1) is 0 Å². The Hall–Kier alpha value is -10.9. The second-order valence-electron chi connectivity index (χ2n) is 20.6. The molecule has 0 spiro atoms. The van der Waals surface area contributed by atoms with Crippen molar-refractivity contribution in [1.29, 1.82) is 0 Å². The van der Waals surface area contributed by atoms with E-state index in [4.69, 9.17) is 9.97 Å². The Morgan fingerprint density at radius 2 is 0.646 bits per heavy atom. The summed E-state index contributed by atoms with van der Waals surface area (Å²) in [4.78, 5) is 14.2. The molecule has 388 valence electrons. The lowest BCUT2D eigenvalue weighted by atomic mass is 9.84. The minimum absolute atomic E-state index is 0.749. The SMILES string of the molecule is C1=CN(c2ccc(-c3ccccc3-c3cc(-c4ccccc4-c4ccc(-c5nccn5-c5ccccc5)cc4)cc(-c4ccccc4-c4ccc(-c5ccccn5)cc4-c4ccc(-c5ccccc5)cc4)c3)cc2)CN1c1ccccc1. The molecule has 0 fully saturated rings. The highest BCUT2D eigenvalue weighted by Crippen LogP contribution is 2.45. The fourth-order valence-electron chi connectivity index (χ4n) is 11.5. The van der Waals surface area contributed by atoms with E-state index in [1.807, 2.05) is 30.7 Å². The van der Waals surface area contributed by atoms with Crippen LogP contribution in [0.5, 0.6) is 0 Å². The first-order valence-electron chi connectivity index (χ1n) is 27.9. The van der Waals surface area contributed by atoms with Gasteiger partial charge in [-0.1, -0.05) is 218 Å². The predicted molar refractivity (Wildman–Crippen MR) is 341 cm³/mol. The summed E-state index contributed by atoms with van der Waals surface area (Å²) in [7, 11) is 0. The number of benzene rings is 11. The second-order valence-corrected chi connectivity index (χ2v) is 20.6. The van der Waals surface area contributed by atoms with E-state index in [1.165, 1.54) is 16.8 Å². The number of anilines is 2. The predicted octanol–water partition coefficient (Wildman–Crippen LogP) is 19.7. The maximum absolute atomic E-state index is 4.81. The average molecular weight is 1050 g/mol. The first-order valence-corrected chi connectivity index (χ1v) is 27.9. The van der Waals surface area contributed by atoms with Crippen LogP contribution in [-0.2, 0) is 0 Å². The van der Waals surface area contributed by atoms with Crippen molar-refractivity contribution in [1.82, 2.24) is 14.5 Å². The molecule has 0 unspecified atom stereocenters. The normalized spacial score (nSPS) is 12.0. The Bertz CT molecular complexity index is 4380. The lowest BCUT2D eigenvalue weighted by molar-refractivity contribution is 0.976. The topological polar surface area (TPSA) is 37.2 Å². The standard InChI is InChI=1S/C77H55N5/c1-4-18-55(19-5-1)56-31-33-59(34-32-56)75-53-61(76-30-16-17-45-78-76)41-44-74(75)73-29-15-14-28-72(73)64-51-62(70-26-12-10-24-68(70)57-35-37-60(38-36-57)77-79-46-47-82(77)67-22-8-3-9-23-67)50-63(52-64)71-27-13-11-25-69(71)58-39-42-66(43-40-58)81-49-48-80(54-81)65-20-6-2-7-21-65/h1-53H,54H2. The van der Waals surface area contributed by atoms with Gasteiger partial charge in [-0.2, -0.15) is 0 Å². The number of para-hydroxylation sites is 2. The first-order chi connectivity index (χ1) is 40.6. The highest BCUT2D eigenvalue weighted by atomic mass is 15.3. The Labute approximate surface area is 479 Å². The van der Waals surface area contributed by atoms with Crippen molar-refractivity contribution in [2.45, 2.75) is 0 Å². The molecule has 0 amide bonds. The molecule has 14 rings (SSSR count). The lowest BCUT2D eigenvalue weighted by Crippen LogP contribution is -2.24. The second kappa shape index (κ2) is 22.1. The summed E-state index contributed by atoms with van der Waals surface area (Å²) in [5.74, 6) is 0.900. The molecule has 1 aliphatic heterocycles. The van der Waals surface area contributed by atoms with Gasteiger partial charge >= 0.3 is 0 Å². The Morgan fingerprint density at radius 1 is 0.244 bits per heavy atom. The molecule has 0 radical (unpaired) electrons. The number of hydrogen-bond acceptors (Lipinski definition) is 4. The zero-order valence-corrected chi connectivity index (χ0v) is 45.0. The van der Waals surface area contributed by atoms with Crippen LogP contribution in [0.15, 0.2) is 322 Å². The zero-order valence-electron chi connectivity index (χ0n) is 45.0. The Morgan fingerprint density at radius 3 is 1.21 bits per heavy atom. The van der Waals surface area contributed by atoms with Crippen LogP contribution in [0.1, 0.15) is 0 Å². The summed E-state index contributed by atoms with van der Waals surface area (Å²) in [6.45, 7) is 0.749.